The van der Waals surface area contributed by atoms with Crippen molar-refractivity contribution in [2.24, 2.45) is 17.6 Å². The van der Waals surface area contributed by atoms with Gasteiger partial charge in [0.05, 0.1) is 6.04 Å². The van der Waals surface area contributed by atoms with E-state index in [-0.39, 0.29) is 42.7 Å². The number of aliphatic carboxylic acids is 1. The number of fused-ring (bicyclic) bond motifs is 4. The van der Waals surface area contributed by atoms with E-state index in [1.807, 2.05) is 4.90 Å². The number of nitrogens with zero attached hydrogens (tertiary/aromatic N) is 2. The van der Waals surface area contributed by atoms with E-state index < -0.39 is 18.1 Å². The predicted molar refractivity (Wildman–Crippen MR) is 111 cm³/mol. The summed E-state index contributed by atoms with van der Waals surface area (Å²) in [7, 11) is 0. The van der Waals surface area contributed by atoms with Crippen LogP contribution in [0.5, 0.6) is 11.5 Å². The van der Waals surface area contributed by atoms with Gasteiger partial charge in [0.2, 0.25) is 12.7 Å². The highest BCUT2D eigenvalue weighted by Gasteiger charge is 2.57. The van der Waals surface area contributed by atoms with Gasteiger partial charge in [-0.3, -0.25) is 9.59 Å². The summed E-state index contributed by atoms with van der Waals surface area (Å²) < 4.78 is 10.8. The van der Waals surface area contributed by atoms with E-state index in [2.05, 4.69) is 0 Å². The summed E-state index contributed by atoms with van der Waals surface area (Å²) in [4.78, 5) is 41.6. The van der Waals surface area contributed by atoms with E-state index in [4.69, 9.17) is 15.2 Å². The van der Waals surface area contributed by atoms with Crippen LogP contribution in [-0.2, 0) is 9.59 Å². The molecular formula is C23H27N3O6. The van der Waals surface area contributed by atoms with Crippen molar-refractivity contribution in [3.63, 3.8) is 0 Å². The topological polar surface area (TPSA) is 122 Å². The van der Waals surface area contributed by atoms with Crippen molar-refractivity contribution in [2.45, 2.75) is 68.7 Å². The monoisotopic (exact) mass is 441 g/mol. The van der Waals surface area contributed by atoms with Crippen molar-refractivity contribution < 1.29 is 29.0 Å². The van der Waals surface area contributed by atoms with Gasteiger partial charge in [-0.25, -0.2) is 4.79 Å². The number of carboxylic acids is 1. The maximum atomic E-state index is 13.3. The number of benzene rings is 1. The van der Waals surface area contributed by atoms with Crippen LogP contribution < -0.4 is 15.2 Å². The van der Waals surface area contributed by atoms with Crippen LogP contribution in [0, 0.1) is 11.8 Å². The van der Waals surface area contributed by atoms with Crippen LogP contribution >= 0.6 is 0 Å². The second-order valence-electron chi connectivity index (χ2n) is 9.82. The first kappa shape index (κ1) is 19.8. The van der Waals surface area contributed by atoms with E-state index in [1.165, 1.54) is 0 Å². The molecule has 5 unspecified atom stereocenters. The number of nitrogens with two attached hydrogens (primary N) is 1. The van der Waals surface area contributed by atoms with Crippen molar-refractivity contribution in [1.82, 2.24) is 9.80 Å². The molecule has 170 valence electrons. The largest absolute Gasteiger partial charge is 0.480 e. The molecule has 2 amide bonds. The van der Waals surface area contributed by atoms with Crippen LogP contribution in [0.4, 0.5) is 0 Å². The first-order valence-electron chi connectivity index (χ1n) is 11.4. The third kappa shape index (κ3) is 2.97. The van der Waals surface area contributed by atoms with Crippen molar-refractivity contribution in [1.29, 1.82) is 0 Å². The molecule has 1 aliphatic carbocycles. The van der Waals surface area contributed by atoms with Crippen LogP contribution in [0.1, 0.15) is 48.9 Å². The number of rotatable bonds is 4. The predicted octanol–water partition coefficient (Wildman–Crippen LogP) is 1.20. The normalized spacial score (nSPS) is 34.9. The molecule has 9 nitrogen and oxygen atoms in total. The standard InChI is InChI=1S/C23H27N3O6/c24-20(22(28)26-16-7-12(16)8-17(26)23(29)30)13-5-14-2-3-15(6-13)25(14)21(27)11-1-4-18-19(9-11)32-10-31-18/h1,4,9,12-17,20H,2-3,5-8,10,24H2,(H,29,30)/t12?,13?,14-,15?,16?,17?,20-/m0/s1. The van der Waals surface area contributed by atoms with Crippen molar-refractivity contribution in [3.8, 4) is 11.5 Å². The van der Waals surface area contributed by atoms with Crippen LogP contribution in [0.3, 0.4) is 0 Å². The third-order valence-corrected chi connectivity index (χ3v) is 8.06. The quantitative estimate of drug-likeness (QED) is 0.720. The van der Waals surface area contributed by atoms with Gasteiger partial charge in [-0.15, -0.1) is 0 Å². The molecular weight excluding hydrogens is 414 g/mol. The Bertz CT molecular complexity index is 984. The Kier molecular flexibility index (Phi) is 4.40. The van der Waals surface area contributed by atoms with Gasteiger partial charge in [0.15, 0.2) is 11.5 Å². The van der Waals surface area contributed by atoms with Gasteiger partial charge in [0, 0.05) is 23.7 Å². The van der Waals surface area contributed by atoms with Crippen molar-refractivity contribution in [3.05, 3.63) is 23.8 Å². The van der Waals surface area contributed by atoms with E-state index in [0.717, 1.165) is 19.3 Å². The number of amides is 2. The average molecular weight is 441 g/mol. The zero-order valence-corrected chi connectivity index (χ0v) is 17.7. The number of hydrogen-bond acceptors (Lipinski definition) is 6. The maximum absolute atomic E-state index is 13.3. The fourth-order valence-corrected chi connectivity index (χ4v) is 6.39. The molecule has 5 aliphatic rings. The molecule has 9 heteroatoms. The van der Waals surface area contributed by atoms with E-state index in [0.29, 0.717) is 42.2 Å². The minimum absolute atomic E-state index is 0.0274. The molecule has 4 fully saturated rings. The number of piperidine rings is 2. The van der Waals surface area contributed by atoms with Crippen LogP contribution in [0.15, 0.2) is 18.2 Å². The van der Waals surface area contributed by atoms with E-state index >= 15 is 0 Å². The van der Waals surface area contributed by atoms with Gasteiger partial charge >= 0.3 is 5.97 Å². The second kappa shape index (κ2) is 7.10. The highest BCUT2D eigenvalue weighted by molar-refractivity contribution is 5.96. The Morgan fingerprint density at radius 1 is 1.00 bits per heavy atom. The molecule has 0 spiro atoms. The number of carboxylic acid groups (broad SMARTS) is 1. The first-order valence-corrected chi connectivity index (χ1v) is 11.4. The van der Waals surface area contributed by atoms with E-state index in [9.17, 15) is 19.5 Å². The molecule has 1 aromatic carbocycles. The van der Waals surface area contributed by atoms with E-state index in [1.54, 1.807) is 23.1 Å². The second-order valence-corrected chi connectivity index (χ2v) is 9.82. The number of carbonyl (C=O) groups excluding carboxylic acids is 2. The van der Waals surface area contributed by atoms with Gasteiger partial charge in [-0.1, -0.05) is 0 Å². The summed E-state index contributed by atoms with van der Waals surface area (Å²) in [6.07, 6.45) is 4.54. The third-order valence-electron chi connectivity index (χ3n) is 8.06. The summed E-state index contributed by atoms with van der Waals surface area (Å²) in [5.74, 6) is 0.289. The lowest BCUT2D eigenvalue weighted by molar-refractivity contribution is -0.150. The molecule has 3 saturated heterocycles. The Labute approximate surface area is 185 Å². The first-order chi connectivity index (χ1) is 15.4. The number of likely N-dealkylation sites (tertiary alicyclic amines) is 1. The zero-order chi connectivity index (χ0) is 22.1. The average Bonchev–Trinajstić information content (AvgIpc) is 3.10. The maximum Gasteiger partial charge on any atom is 0.326 e. The van der Waals surface area contributed by atoms with Gasteiger partial charge in [-0.2, -0.15) is 0 Å². The molecule has 1 saturated carbocycles. The molecule has 32 heavy (non-hydrogen) atoms. The highest BCUT2D eigenvalue weighted by atomic mass is 16.7. The number of hydrogen-bond donors (Lipinski definition) is 2. The summed E-state index contributed by atoms with van der Waals surface area (Å²) in [5, 5.41) is 9.52. The zero-order valence-electron chi connectivity index (χ0n) is 17.7. The van der Waals surface area contributed by atoms with Gasteiger partial charge in [0.1, 0.15) is 6.04 Å². The summed E-state index contributed by atoms with van der Waals surface area (Å²) >= 11 is 0. The fraction of sp³-hybridized carbons (Fsp3) is 0.609. The molecule has 7 atom stereocenters. The molecule has 4 aliphatic heterocycles. The van der Waals surface area contributed by atoms with Gasteiger partial charge in [0.25, 0.3) is 5.91 Å². The van der Waals surface area contributed by atoms with Crippen molar-refractivity contribution >= 4 is 17.8 Å². The van der Waals surface area contributed by atoms with Gasteiger partial charge in [-0.05, 0) is 68.6 Å². The Morgan fingerprint density at radius 2 is 1.72 bits per heavy atom. The summed E-state index contributed by atoms with van der Waals surface area (Å²) in [6.45, 7) is 0.164. The molecule has 0 aromatic heterocycles. The van der Waals surface area contributed by atoms with Crippen LogP contribution in [-0.4, -0.2) is 69.7 Å². The summed E-state index contributed by atoms with van der Waals surface area (Å²) in [6, 6.07) is 3.91. The minimum Gasteiger partial charge on any atom is -0.480 e. The molecule has 6 rings (SSSR count). The summed E-state index contributed by atoms with van der Waals surface area (Å²) in [5.41, 5.74) is 7.02. The van der Waals surface area contributed by atoms with Crippen LogP contribution in [0.25, 0.3) is 0 Å². The minimum atomic E-state index is -0.943. The molecule has 0 radical (unpaired) electrons. The van der Waals surface area contributed by atoms with Crippen molar-refractivity contribution in [2.75, 3.05) is 6.79 Å². The Balaban J connectivity index is 1.16. The lowest BCUT2D eigenvalue weighted by atomic mass is 9.84. The molecule has 1 aromatic rings. The fourth-order valence-electron chi connectivity index (χ4n) is 6.39. The smallest absolute Gasteiger partial charge is 0.326 e. The molecule has 4 heterocycles. The Morgan fingerprint density at radius 3 is 2.44 bits per heavy atom. The lowest BCUT2D eigenvalue weighted by Crippen LogP contribution is -2.56. The van der Waals surface area contributed by atoms with Gasteiger partial charge < -0.3 is 30.1 Å². The number of carbonyl (C=O) groups is 3. The Hall–Kier alpha value is -2.81. The SMILES string of the molecule is N[C@H](C(=O)N1C(C(=O)O)CC2CC21)C1CC2CC[C@@H](C1)N2C(=O)c1ccc2c(c1)OCO2. The molecule has 2 bridgehead atoms. The number of ether oxygens (including phenoxy) is 2. The molecule has 3 N–H and O–H groups in total. The van der Waals surface area contributed by atoms with Crippen LogP contribution in [0.2, 0.25) is 0 Å². The lowest BCUT2D eigenvalue weighted by Gasteiger charge is -2.41. The highest BCUT2D eigenvalue weighted by Crippen LogP contribution is 2.49.